The number of aliphatic hydroxyl groups excluding tert-OH is 1. The van der Waals surface area contributed by atoms with Crippen LogP contribution in [0, 0.1) is 0 Å². The zero-order chi connectivity index (χ0) is 15.3. The summed E-state index contributed by atoms with van der Waals surface area (Å²) in [6, 6.07) is 3.33. The number of halogens is 5. The van der Waals surface area contributed by atoms with Gasteiger partial charge < -0.3 is 15.7 Å². The molecule has 0 heterocycles. The number of aliphatic hydroxyl groups is 1. The molecule has 2 amide bonds. The first-order valence-electron chi connectivity index (χ1n) is 5.40. The quantitative estimate of drug-likeness (QED) is 0.794. The number of carbonyl (C=O) groups is 1. The van der Waals surface area contributed by atoms with Gasteiger partial charge in [-0.1, -0.05) is 29.3 Å². The number of benzene rings is 1. The van der Waals surface area contributed by atoms with Crippen molar-refractivity contribution in [3.63, 3.8) is 0 Å². The van der Waals surface area contributed by atoms with E-state index in [0.29, 0.717) is 10.6 Å². The van der Waals surface area contributed by atoms with Gasteiger partial charge in [-0.15, -0.1) is 0 Å². The number of carbonyl (C=O) groups excluding carboxylic acids is 1. The number of nitrogens with one attached hydrogen (secondary N) is 2. The van der Waals surface area contributed by atoms with E-state index in [1.165, 1.54) is 18.2 Å². The van der Waals surface area contributed by atoms with E-state index < -0.39 is 24.9 Å². The topological polar surface area (TPSA) is 61.4 Å². The molecule has 1 aromatic rings. The second-order valence-corrected chi connectivity index (χ2v) is 4.70. The molecule has 0 bridgehead atoms. The number of hydrogen-bond acceptors (Lipinski definition) is 2. The summed E-state index contributed by atoms with van der Waals surface area (Å²) in [4.78, 5) is 11.1. The van der Waals surface area contributed by atoms with Crippen LogP contribution in [0.3, 0.4) is 0 Å². The summed E-state index contributed by atoms with van der Waals surface area (Å²) in [7, 11) is 0. The summed E-state index contributed by atoms with van der Waals surface area (Å²) in [5, 5.41) is 14.1. The lowest BCUT2D eigenvalue weighted by molar-refractivity contribution is -0.122. The average Bonchev–Trinajstić information content (AvgIpc) is 2.32. The Morgan fingerprint density at radius 3 is 2.50 bits per heavy atom. The molecule has 20 heavy (non-hydrogen) atoms. The van der Waals surface area contributed by atoms with Crippen LogP contribution in [0.4, 0.5) is 18.0 Å². The van der Waals surface area contributed by atoms with Crippen LogP contribution in [0.1, 0.15) is 11.7 Å². The Kier molecular flexibility index (Phi) is 5.91. The van der Waals surface area contributed by atoms with Crippen molar-refractivity contribution in [3.8, 4) is 0 Å². The monoisotopic (exact) mass is 330 g/mol. The van der Waals surface area contributed by atoms with Crippen LogP contribution in [0.15, 0.2) is 18.2 Å². The van der Waals surface area contributed by atoms with Gasteiger partial charge in [-0.25, -0.2) is 4.79 Å². The van der Waals surface area contributed by atoms with Gasteiger partial charge in [-0.2, -0.15) is 13.2 Å². The van der Waals surface area contributed by atoms with Crippen molar-refractivity contribution < 1.29 is 23.1 Å². The molecule has 1 atom stereocenters. The van der Waals surface area contributed by atoms with E-state index in [1.54, 1.807) is 5.32 Å². The van der Waals surface area contributed by atoms with Crippen LogP contribution in [0.2, 0.25) is 10.0 Å². The SMILES string of the molecule is O=C(NC[C@@H](O)c1ccc(Cl)cc1Cl)NCC(F)(F)F. The van der Waals surface area contributed by atoms with Crippen LogP contribution in [0.5, 0.6) is 0 Å². The third-order valence-electron chi connectivity index (χ3n) is 2.23. The van der Waals surface area contributed by atoms with Gasteiger partial charge >= 0.3 is 12.2 Å². The molecule has 0 unspecified atom stereocenters. The number of alkyl halides is 3. The van der Waals surface area contributed by atoms with Crippen LogP contribution in [-0.2, 0) is 0 Å². The van der Waals surface area contributed by atoms with Crippen LogP contribution in [0.25, 0.3) is 0 Å². The molecule has 1 rings (SSSR count). The number of urea groups is 1. The standard InChI is InChI=1S/C11H11Cl2F3N2O2/c12-6-1-2-7(8(13)3-6)9(19)4-17-10(20)18-5-11(14,15)16/h1-3,9,19H,4-5H2,(H2,17,18,20)/t9-/m1/s1. The van der Waals surface area contributed by atoms with Crippen LogP contribution >= 0.6 is 23.2 Å². The van der Waals surface area contributed by atoms with E-state index in [9.17, 15) is 23.1 Å². The molecule has 1 aromatic carbocycles. The summed E-state index contributed by atoms with van der Waals surface area (Å²) in [5.74, 6) is 0. The molecule has 0 saturated heterocycles. The van der Waals surface area contributed by atoms with Crippen molar-refractivity contribution in [3.05, 3.63) is 33.8 Å². The minimum atomic E-state index is -4.49. The first-order chi connectivity index (χ1) is 9.19. The maximum absolute atomic E-state index is 11.8. The van der Waals surface area contributed by atoms with Gasteiger partial charge in [0, 0.05) is 22.2 Å². The molecule has 0 aliphatic heterocycles. The molecule has 0 radical (unpaired) electrons. The normalized spacial score (nSPS) is 12.9. The lowest BCUT2D eigenvalue weighted by Crippen LogP contribution is -2.42. The molecule has 0 aliphatic carbocycles. The predicted molar refractivity (Wildman–Crippen MR) is 68.9 cm³/mol. The lowest BCUT2D eigenvalue weighted by Gasteiger charge is -2.15. The van der Waals surface area contributed by atoms with Crippen molar-refractivity contribution in [2.24, 2.45) is 0 Å². The number of amides is 2. The minimum absolute atomic E-state index is 0.197. The molecule has 4 nitrogen and oxygen atoms in total. The fourth-order valence-electron chi connectivity index (χ4n) is 1.31. The minimum Gasteiger partial charge on any atom is -0.387 e. The Labute approximate surface area is 122 Å². The molecular formula is C11H11Cl2F3N2O2. The first-order valence-corrected chi connectivity index (χ1v) is 6.16. The largest absolute Gasteiger partial charge is 0.405 e. The van der Waals surface area contributed by atoms with E-state index in [0.717, 1.165) is 0 Å². The highest BCUT2D eigenvalue weighted by molar-refractivity contribution is 6.35. The molecule has 3 N–H and O–H groups in total. The van der Waals surface area contributed by atoms with E-state index in [4.69, 9.17) is 23.2 Å². The van der Waals surface area contributed by atoms with E-state index >= 15 is 0 Å². The second-order valence-electron chi connectivity index (χ2n) is 3.86. The lowest BCUT2D eigenvalue weighted by atomic mass is 10.1. The molecule has 0 aromatic heterocycles. The van der Waals surface area contributed by atoms with Gasteiger partial charge in [0.05, 0.1) is 6.10 Å². The van der Waals surface area contributed by atoms with Gasteiger partial charge in [0.2, 0.25) is 0 Å². The Bertz CT molecular complexity index is 483. The van der Waals surface area contributed by atoms with Crippen LogP contribution < -0.4 is 10.6 Å². The Balaban J connectivity index is 2.47. The van der Waals surface area contributed by atoms with Gasteiger partial charge in [0.25, 0.3) is 0 Å². The maximum atomic E-state index is 11.8. The third-order valence-corrected chi connectivity index (χ3v) is 2.79. The average molecular weight is 331 g/mol. The molecular weight excluding hydrogens is 320 g/mol. The summed E-state index contributed by atoms with van der Waals surface area (Å²) >= 11 is 11.5. The molecule has 112 valence electrons. The molecule has 0 fully saturated rings. The van der Waals surface area contributed by atoms with Crippen molar-refractivity contribution >= 4 is 29.2 Å². The van der Waals surface area contributed by atoms with Gasteiger partial charge in [0.15, 0.2) is 0 Å². The summed E-state index contributed by atoms with van der Waals surface area (Å²) in [6.45, 7) is -1.73. The Morgan fingerprint density at radius 2 is 1.95 bits per heavy atom. The van der Waals surface area contributed by atoms with Gasteiger partial charge in [-0.05, 0) is 12.1 Å². The Morgan fingerprint density at radius 1 is 1.30 bits per heavy atom. The molecule has 0 spiro atoms. The molecule has 9 heteroatoms. The Hall–Kier alpha value is -1.18. The summed E-state index contributed by atoms with van der Waals surface area (Å²) < 4.78 is 35.5. The zero-order valence-corrected chi connectivity index (χ0v) is 11.5. The van der Waals surface area contributed by atoms with Gasteiger partial charge in [0.1, 0.15) is 6.54 Å². The highest BCUT2D eigenvalue weighted by atomic mass is 35.5. The summed E-state index contributed by atoms with van der Waals surface area (Å²) in [6.07, 6.45) is -5.65. The van der Waals surface area contributed by atoms with E-state index in [-0.39, 0.29) is 11.6 Å². The fourth-order valence-corrected chi connectivity index (χ4v) is 1.85. The number of rotatable bonds is 4. The van der Waals surface area contributed by atoms with Crippen molar-refractivity contribution in [1.82, 2.24) is 10.6 Å². The predicted octanol–water partition coefficient (Wildman–Crippen LogP) is 2.89. The van der Waals surface area contributed by atoms with Crippen molar-refractivity contribution in [1.29, 1.82) is 0 Å². The smallest absolute Gasteiger partial charge is 0.387 e. The maximum Gasteiger partial charge on any atom is 0.405 e. The first kappa shape index (κ1) is 16.9. The van der Waals surface area contributed by atoms with E-state index in [1.807, 2.05) is 0 Å². The van der Waals surface area contributed by atoms with Gasteiger partial charge in [-0.3, -0.25) is 0 Å². The van der Waals surface area contributed by atoms with Crippen LogP contribution in [-0.4, -0.2) is 30.4 Å². The van der Waals surface area contributed by atoms with Crippen molar-refractivity contribution in [2.75, 3.05) is 13.1 Å². The zero-order valence-electron chi connectivity index (χ0n) is 9.97. The van der Waals surface area contributed by atoms with Crippen molar-refractivity contribution in [2.45, 2.75) is 12.3 Å². The molecule has 0 saturated carbocycles. The highest BCUT2D eigenvalue weighted by Crippen LogP contribution is 2.25. The second kappa shape index (κ2) is 7.01. The fraction of sp³-hybridized carbons (Fsp3) is 0.364. The third kappa shape index (κ3) is 5.85. The number of hydrogen-bond donors (Lipinski definition) is 3. The molecule has 0 aliphatic rings. The highest BCUT2D eigenvalue weighted by Gasteiger charge is 2.27. The summed E-state index contributed by atoms with van der Waals surface area (Å²) in [5.41, 5.74) is 0.312. The van der Waals surface area contributed by atoms with E-state index in [2.05, 4.69) is 5.32 Å².